The number of primary amides is 1. The molecule has 3 N–H and O–H groups in total. The number of carbonyl (C=O) groups is 2. The third kappa shape index (κ3) is 3.47. The summed E-state index contributed by atoms with van der Waals surface area (Å²) in [5.74, 6) is 0.349. The first kappa shape index (κ1) is 19.5. The molecule has 1 aliphatic rings. The number of hydrogen-bond acceptors (Lipinski definition) is 6. The summed E-state index contributed by atoms with van der Waals surface area (Å²) in [5, 5.41) is 6.78. The van der Waals surface area contributed by atoms with Crippen molar-refractivity contribution in [2.75, 3.05) is 27.9 Å². The molecule has 1 fully saturated rings. The Bertz CT molecular complexity index is 879. The second-order valence-electron chi connectivity index (χ2n) is 6.46. The summed E-state index contributed by atoms with van der Waals surface area (Å²) in [6.07, 6.45) is 2.60. The SMILES string of the molecule is COc1ccc(C(=O)N2CCCCC2c2cc(C(N)=O)n[nH]2)c(OC)c1OC. The van der Waals surface area contributed by atoms with Crippen LogP contribution < -0.4 is 19.9 Å². The van der Waals surface area contributed by atoms with E-state index in [2.05, 4.69) is 10.2 Å². The van der Waals surface area contributed by atoms with Crippen LogP contribution in [0.5, 0.6) is 17.2 Å². The van der Waals surface area contributed by atoms with E-state index >= 15 is 0 Å². The average Bonchev–Trinajstić information content (AvgIpc) is 3.22. The summed E-state index contributed by atoms with van der Waals surface area (Å²) in [6.45, 7) is 0.575. The Labute approximate surface area is 162 Å². The van der Waals surface area contributed by atoms with Gasteiger partial charge in [0.05, 0.1) is 38.6 Å². The van der Waals surface area contributed by atoms with Crippen LogP contribution in [0.1, 0.15) is 51.8 Å². The standard InChI is InChI=1S/C19H24N4O5/c1-26-15-8-7-11(16(27-2)17(15)28-3)19(25)23-9-5-4-6-14(23)12-10-13(18(20)24)22-21-12/h7-8,10,14H,4-6,9H2,1-3H3,(H2,20,24)(H,21,22). The molecule has 0 spiro atoms. The van der Waals surface area contributed by atoms with Gasteiger partial charge in [-0.2, -0.15) is 5.10 Å². The predicted molar refractivity (Wildman–Crippen MR) is 101 cm³/mol. The highest BCUT2D eigenvalue weighted by atomic mass is 16.5. The highest BCUT2D eigenvalue weighted by Crippen LogP contribution is 2.41. The summed E-state index contributed by atoms with van der Waals surface area (Å²) in [5.41, 5.74) is 6.50. The number of amides is 2. The Morgan fingerprint density at radius 3 is 2.50 bits per heavy atom. The fourth-order valence-corrected chi connectivity index (χ4v) is 3.56. The first-order chi connectivity index (χ1) is 13.5. The second kappa shape index (κ2) is 8.20. The molecular weight excluding hydrogens is 364 g/mol. The number of methoxy groups -OCH3 is 3. The lowest BCUT2D eigenvalue weighted by Gasteiger charge is -2.35. The van der Waals surface area contributed by atoms with Crippen LogP contribution in [0, 0.1) is 0 Å². The van der Waals surface area contributed by atoms with Crippen LogP contribution in [0.3, 0.4) is 0 Å². The van der Waals surface area contributed by atoms with Gasteiger partial charge in [-0.1, -0.05) is 0 Å². The number of H-pyrrole nitrogens is 1. The molecule has 1 unspecified atom stereocenters. The normalized spacial score (nSPS) is 16.5. The molecule has 0 aliphatic carbocycles. The number of aromatic nitrogens is 2. The zero-order valence-corrected chi connectivity index (χ0v) is 16.2. The molecule has 0 radical (unpaired) electrons. The van der Waals surface area contributed by atoms with Gasteiger partial charge in [-0.05, 0) is 37.5 Å². The van der Waals surface area contributed by atoms with Crippen molar-refractivity contribution in [3.63, 3.8) is 0 Å². The maximum Gasteiger partial charge on any atom is 0.269 e. The molecule has 2 amide bonds. The van der Waals surface area contributed by atoms with Crippen molar-refractivity contribution in [1.29, 1.82) is 0 Å². The van der Waals surface area contributed by atoms with Crippen molar-refractivity contribution in [3.8, 4) is 17.2 Å². The highest BCUT2D eigenvalue weighted by Gasteiger charge is 2.33. The van der Waals surface area contributed by atoms with Gasteiger partial charge < -0.3 is 24.8 Å². The van der Waals surface area contributed by atoms with Gasteiger partial charge in [-0.3, -0.25) is 14.7 Å². The van der Waals surface area contributed by atoms with E-state index in [0.29, 0.717) is 35.1 Å². The van der Waals surface area contributed by atoms with Gasteiger partial charge in [0.2, 0.25) is 5.75 Å². The van der Waals surface area contributed by atoms with Gasteiger partial charge in [0.15, 0.2) is 11.5 Å². The Balaban J connectivity index is 1.98. The van der Waals surface area contributed by atoms with Crippen molar-refractivity contribution >= 4 is 11.8 Å². The summed E-state index contributed by atoms with van der Waals surface area (Å²) < 4.78 is 16.1. The number of rotatable bonds is 6. The number of nitrogens with two attached hydrogens (primary N) is 1. The minimum absolute atomic E-state index is 0.150. The molecule has 28 heavy (non-hydrogen) atoms. The third-order valence-electron chi connectivity index (χ3n) is 4.91. The van der Waals surface area contributed by atoms with Crippen molar-refractivity contribution in [2.45, 2.75) is 25.3 Å². The van der Waals surface area contributed by atoms with Crippen LogP contribution in [0.2, 0.25) is 0 Å². The van der Waals surface area contributed by atoms with Gasteiger partial charge in [-0.15, -0.1) is 0 Å². The molecule has 1 aromatic heterocycles. The lowest BCUT2D eigenvalue weighted by atomic mass is 9.97. The molecule has 1 atom stereocenters. The number of likely N-dealkylation sites (tertiary alicyclic amines) is 1. The van der Waals surface area contributed by atoms with Gasteiger partial charge in [0.1, 0.15) is 5.69 Å². The van der Waals surface area contributed by atoms with Gasteiger partial charge >= 0.3 is 0 Å². The maximum absolute atomic E-state index is 13.4. The number of nitrogens with one attached hydrogen (secondary N) is 1. The average molecular weight is 388 g/mol. The number of hydrogen-bond donors (Lipinski definition) is 2. The smallest absolute Gasteiger partial charge is 0.269 e. The van der Waals surface area contributed by atoms with Crippen molar-refractivity contribution in [3.05, 3.63) is 35.2 Å². The summed E-state index contributed by atoms with van der Waals surface area (Å²) in [6, 6.07) is 4.70. The van der Waals surface area contributed by atoms with E-state index in [1.165, 1.54) is 21.3 Å². The lowest BCUT2D eigenvalue weighted by molar-refractivity contribution is 0.0602. The summed E-state index contributed by atoms with van der Waals surface area (Å²) in [7, 11) is 4.50. The van der Waals surface area contributed by atoms with Crippen molar-refractivity contribution in [2.24, 2.45) is 5.73 Å². The summed E-state index contributed by atoms with van der Waals surface area (Å²) >= 11 is 0. The fourth-order valence-electron chi connectivity index (χ4n) is 3.56. The number of carbonyl (C=O) groups excluding carboxylic acids is 2. The van der Waals surface area contributed by atoms with Crippen LogP contribution in [-0.2, 0) is 0 Å². The van der Waals surface area contributed by atoms with Gasteiger partial charge in [0, 0.05) is 6.54 Å². The molecular formula is C19H24N4O5. The number of aromatic amines is 1. The van der Waals surface area contributed by atoms with E-state index in [1.807, 2.05) is 0 Å². The molecule has 9 heteroatoms. The van der Waals surface area contributed by atoms with Crippen molar-refractivity contribution in [1.82, 2.24) is 15.1 Å². The molecule has 0 saturated carbocycles. The fraction of sp³-hybridized carbons (Fsp3) is 0.421. The molecule has 3 rings (SSSR count). The quantitative estimate of drug-likeness (QED) is 0.780. The summed E-state index contributed by atoms with van der Waals surface area (Å²) in [4.78, 5) is 26.5. The zero-order valence-electron chi connectivity index (χ0n) is 16.2. The number of ether oxygens (including phenoxy) is 3. The topological polar surface area (TPSA) is 120 Å². The first-order valence-electron chi connectivity index (χ1n) is 8.96. The lowest BCUT2D eigenvalue weighted by Crippen LogP contribution is -2.38. The van der Waals surface area contributed by atoms with E-state index in [0.717, 1.165) is 19.3 Å². The predicted octanol–water partition coefficient (Wildman–Crippen LogP) is 1.90. The van der Waals surface area contributed by atoms with Crippen LogP contribution in [-0.4, -0.2) is 54.8 Å². The highest BCUT2D eigenvalue weighted by molar-refractivity contribution is 5.98. The second-order valence-corrected chi connectivity index (χ2v) is 6.46. The molecule has 2 aromatic rings. The van der Waals surface area contributed by atoms with Gasteiger partial charge in [0.25, 0.3) is 11.8 Å². The molecule has 1 aliphatic heterocycles. The molecule has 150 valence electrons. The van der Waals surface area contributed by atoms with E-state index in [1.54, 1.807) is 23.1 Å². The largest absolute Gasteiger partial charge is 0.493 e. The molecule has 0 bridgehead atoms. The van der Waals surface area contributed by atoms with Crippen LogP contribution in [0.4, 0.5) is 0 Å². The van der Waals surface area contributed by atoms with E-state index < -0.39 is 5.91 Å². The number of nitrogens with zero attached hydrogens (tertiary/aromatic N) is 2. The first-order valence-corrected chi connectivity index (χ1v) is 8.96. The van der Waals surface area contributed by atoms with Crippen LogP contribution >= 0.6 is 0 Å². The van der Waals surface area contributed by atoms with Crippen LogP contribution in [0.15, 0.2) is 18.2 Å². The van der Waals surface area contributed by atoms with Gasteiger partial charge in [-0.25, -0.2) is 0 Å². The molecule has 1 saturated heterocycles. The Kier molecular flexibility index (Phi) is 5.72. The molecule has 2 heterocycles. The number of benzene rings is 1. The van der Waals surface area contributed by atoms with E-state index in [9.17, 15) is 9.59 Å². The molecule has 1 aromatic carbocycles. The van der Waals surface area contributed by atoms with Crippen molar-refractivity contribution < 1.29 is 23.8 Å². The van der Waals surface area contributed by atoms with E-state index in [4.69, 9.17) is 19.9 Å². The number of piperidine rings is 1. The Hall–Kier alpha value is -3.23. The Morgan fingerprint density at radius 2 is 1.89 bits per heavy atom. The van der Waals surface area contributed by atoms with E-state index in [-0.39, 0.29) is 17.6 Å². The third-order valence-corrected chi connectivity index (χ3v) is 4.91. The minimum Gasteiger partial charge on any atom is -0.493 e. The maximum atomic E-state index is 13.4. The van der Waals surface area contributed by atoms with Crippen LogP contribution in [0.25, 0.3) is 0 Å². The Morgan fingerprint density at radius 1 is 1.14 bits per heavy atom. The molecule has 9 nitrogen and oxygen atoms in total. The zero-order chi connectivity index (χ0) is 20.3. The monoisotopic (exact) mass is 388 g/mol. The minimum atomic E-state index is -0.613.